The maximum Gasteiger partial charge on any atom is 0.195 e. The predicted molar refractivity (Wildman–Crippen MR) is 136 cm³/mol. The molecule has 0 aliphatic rings. The topological polar surface area (TPSA) is 60.5 Å². The van der Waals surface area contributed by atoms with Crippen LogP contribution in [0.4, 0.5) is 5.69 Å². The molecule has 0 saturated heterocycles. The minimum atomic E-state index is -0.0275. The highest BCUT2D eigenvalue weighted by Crippen LogP contribution is 2.27. The quantitative estimate of drug-likeness (QED) is 0.336. The van der Waals surface area contributed by atoms with Gasteiger partial charge >= 0.3 is 0 Å². The summed E-state index contributed by atoms with van der Waals surface area (Å²) in [5.41, 5.74) is 4.53. The zero-order valence-corrected chi connectivity index (χ0v) is 19.1. The van der Waals surface area contributed by atoms with E-state index in [0.29, 0.717) is 22.8 Å². The summed E-state index contributed by atoms with van der Waals surface area (Å²) in [6.45, 7) is 0.552. The molecule has 0 radical (unpaired) electrons. The molecule has 0 fully saturated rings. The Morgan fingerprint density at radius 3 is 2.58 bits per heavy atom. The van der Waals surface area contributed by atoms with Crippen LogP contribution >= 0.6 is 11.3 Å². The third-order valence-electron chi connectivity index (χ3n) is 5.71. The maximum absolute atomic E-state index is 13.5. The summed E-state index contributed by atoms with van der Waals surface area (Å²) in [6.07, 6.45) is 1.82. The monoisotopic (exact) mass is 454 g/mol. The Bertz CT molecular complexity index is 1510. The summed E-state index contributed by atoms with van der Waals surface area (Å²) in [5, 5.41) is 9.64. The van der Waals surface area contributed by atoms with Crippen molar-refractivity contribution in [2.24, 2.45) is 0 Å². The molecule has 0 bridgehead atoms. The van der Waals surface area contributed by atoms with Crippen LogP contribution in [0, 0.1) is 0 Å². The first-order chi connectivity index (χ1) is 16.2. The number of aromatic nitrogens is 1. The van der Waals surface area contributed by atoms with Gasteiger partial charge < -0.3 is 14.8 Å². The van der Waals surface area contributed by atoms with Crippen molar-refractivity contribution in [2.45, 2.75) is 6.54 Å². The summed E-state index contributed by atoms with van der Waals surface area (Å²) in [7, 11) is 3.27. The van der Waals surface area contributed by atoms with Gasteiger partial charge in [0.1, 0.15) is 11.5 Å². The number of thiophene rings is 1. The molecule has 0 atom stereocenters. The molecule has 2 aromatic heterocycles. The molecular weight excluding hydrogens is 432 g/mol. The first-order valence-electron chi connectivity index (χ1n) is 10.5. The van der Waals surface area contributed by atoms with E-state index in [4.69, 9.17) is 9.47 Å². The van der Waals surface area contributed by atoms with Gasteiger partial charge in [-0.15, -0.1) is 0 Å². The van der Waals surface area contributed by atoms with Crippen molar-refractivity contribution in [3.63, 3.8) is 0 Å². The molecule has 0 amide bonds. The molecule has 5 aromatic rings. The minimum absolute atomic E-state index is 0.0275. The zero-order valence-electron chi connectivity index (χ0n) is 18.3. The Hall–Kier alpha value is -3.90. The fraction of sp³-hybridized carbons (Fsp3) is 0.111. The third-order valence-corrected chi connectivity index (χ3v) is 6.40. The molecule has 0 saturated carbocycles. The molecule has 164 valence electrons. The zero-order chi connectivity index (χ0) is 22.8. The van der Waals surface area contributed by atoms with Gasteiger partial charge in [-0.05, 0) is 64.2 Å². The number of hydrogen-bond acceptors (Lipinski definition) is 6. The average molecular weight is 455 g/mol. The number of anilines is 1. The van der Waals surface area contributed by atoms with E-state index in [0.717, 1.165) is 39.3 Å². The van der Waals surface area contributed by atoms with E-state index in [1.807, 2.05) is 72.2 Å². The lowest BCUT2D eigenvalue weighted by Crippen LogP contribution is -2.04. The van der Waals surface area contributed by atoms with Crippen LogP contribution in [0.3, 0.4) is 0 Å². The number of ether oxygens (including phenoxy) is 2. The summed E-state index contributed by atoms with van der Waals surface area (Å²) >= 11 is 1.62. The molecule has 0 aliphatic carbocycles. The Balaban J connectivity index is 1.53. The van der Waals surface area contributed by atoms with E-state index in [-0.39, 0.29) is 5.43 Å². The highest BCUT2D eigenvalue weighted by atomic mass is 32.1. The number of fused-ring (bicyclic) bond motifs is 2. The lowest BCUT2D eigenvalue weighted by atomic mass is 10.1. The lowest BCUT2D eigenvalue weighted by Gasteiger charge is -2.12. The van der Waals surface area contributed by atoms with Crippen molar-refractivity contribution in [2.75, 3.05) is 19.5 Å². The first-order valence-corrected chi connectivity index (χ1v) is 11.4. The van der Waals surface area contributed by atoms with Crippen molar-refractivity contribution in [3.05, 3.63) is 93.4 Å². The van der Waals surface area contributed by atoms with E-state index in [9.17, 15) is 4.79 Å². The van der Waals surface area contributed by atoms with Crippen LogP contribution in [0.15, 0.2) is 82.4 Å². The van der Waals surface area contributed by atoms with E-state index >= 15 is 0 Å². The van der Waals surface area contributed by atoms with Crippen LogP contribution in [-0.4, -0.2) is 19.2 Å². The number of nitrogens with one attached hydrogen (secondary N) is 1. The molecule has 5 nitrogen and oxygen atoms in total. The van der Waals surface area contributed by atoms with Gasteiger partial charge in [-0.2, -0.15) is 11.3 Å². The summed E-state index contributed by atoms with van der Waals surface area (Å²) in [4.78, 5) is 18.1. The van der Waals surface area contributed by atoms with Gasteiger partial charge in [-0.3, -0.25) is 9.78 Å². The van der Waals surface area contributed by atoms with Gasteiger partial charge in [0.05, 0.1) is 19.7 Å². The highest BCUT2D eigenvalue weighted by Gasteiger charge is 2.09. The average Bonchev–Trinajstić information content (AvgIpc) is 3.36. The second-order valence-electron chi connectivity index (χ2n) is 7.66. The van der Waals surface area contributed by atoms with Gasteiger partial charge in [0, 0.05) is 46.4 Å². The number of methoxy groups -OCH3 is 2. The van der Waals surface area contributed by atoms with Crippen molar-refractivity contribution >= 4 is 38.7 Å². The maximum atomic E-state index is 13.5. The largest absolute Gasteiger partial charge is 0.497 e. The first kappa shape index (κ1) is 21.0. The molecule has 2 heterocycles. The Morgan fingerprint density at radius 1 is 0.909 bits per heavy atom. The highest BCUT2D eigenvalue weighted by molar-refractivity contribution is 7.08. The van der Waals surface area contributed by atoms with E-state index in [1.165, 1.54) is 0 Å². The minimum Gasteiger partial charge on any atom is -0.497 e. The summed E-state index contributed by atoms with van der Waals surface area (Å²) < 4.78 is 10.8. The summed E-state index contributed by atoms with van der Waals surface area (Å²) in [5.74, 6) is 1.49. The Kier molecular flexibility index (Phi) is 5.67. The second-order valence-corrected chi connectivity index (χ2v) is 8.44. The smallest absolute Gasteiger partial charge is 0.195 e. The fourth-order valence-electron chi connectivity index (χ4n) is 3.89. The molecule has 3 aromatic carbocycles. The third kappa shape index (κ3) is 4.13. The molecule has 33 heavy (non-hydrogen) atoms. The van der Waals surface area contributed by atoms with Crippen LogP contribution in [0.25, 0.3) is 32.8 Å². The Labute approximate surface area is 195 Å². The standard InChI is InChI=1S/C27H22N2O3S/c1-31-22-7-4-18(26(13-22)32-2)14-28-21-6-3-17-5-8-25-24(27(30)23(17)12-21)11-20(15-29-25)19-9-10-33-16-19/h3-13,15-16,28H,14H2,1-2H3. The van der Waals surface area contributed by atoms with Crippen molar-refractivity contribution in [1.82, 2.24) is 4.98 Å². The number of nitrogens with zero attached hydrogens (tertiary/aromatic N) is 1. The van der Waals surface area contributed by atoms with Gasteiger partial charge in [0.15, 0.2) is 5.43 Å². The van der Waals surface area contributed by atoms with E-state index in [1.54, 1.807) is 25.6 Å². The normalized spacial score (nSPS) is 11.0. The number of benzene rings is 2. The van der Waals surface area contributed by atoms with Gasteiger partial charge in [-0.1, -0.05) is 12.1 Å². The number of hydrogen-bond donors (Lipinski definition) is 1. The molecular formula is C27H22N2O3S. The molecule has 0 unspecified atom stereocenters. The van der Waals surface area contributed by atoms with Crippen molar-refractivity contribution in [3.8, 4) is 22.6 Å². The van der Waals surface area contributed by atoms with Crippen molar-refractivity contribution < 1.29 is 9.47 Å². The summed E-state index contributed by atoms with van der Waals surface area (Å²) in [6, 6.07) is 19.4. The fourth-order valence-corrected chi connectivity index (χ4v) is 4.56. The van der Waals surface area contributed by atoms with Crippen LogP contribution in [-0.2, 0) is 6.54 Å². The van der Waals surface area contributed by atoms with Gasteiger partial charge in [-0.25, -0.2) is 0 Å². The van der Waals surface area contributed by atoms with Crippen LogP contribution in [0.1, 0.15) is 5.56 Å². The SMILES string of the molecule is COc1ccc(CNc2ccc3ccc4ncc(-c5ccsc5)cc4c(=O)c3c2)c(OC)c1. The molecule has 0 aliphatic heterocycles. The molecule has 0 spiro atoms. The predicted octanol–water partition coefficient (Wildman–Crippen LogP) is 6.11. The molecule has 5 rings (SSSR count). The van der Waals surface area contributed by atoms with Crippen LogP contribution in [0.2, 0.25) is 0 Å². The molecule has 6 heteroatoms. The van der Waals surface area contributed by atoms with Gasteiger partial charge in [0.2, 0.25) is 0 Å². The lowest BCUT2D eigenvalue weighted by molar-refractivity contribution is 0.391. The second kappa shape index (κ2) is 8.92. The number of pyridine rings is 1. The van der Waals surface area contributed by atoms with E-state index < -0.39 is 0 Å². The van der Waals surface area contributed by atoms with Crippen LogP contribution < -0.4 is 20.2 Å². The van der Waals surface area contributed by atoms with Crippen molar-refractivity contribution in [1.29, 1.82) is 0 Å². The Morgan fingerprint density at radius 2 is 1.79 bits per heavy atom. The van der Waals surface area contributed by atoms with Crippen LogP contribution in [0.5, 0.6) is 11.5 Å². The van der Waals surface area contributed by atoms with Gasteiger partial charge in [0.25, 0.3) is 0 Å². The van der Waals surface area contributed by atoms with E-state index in [2.05, 4.69) is 15.7 Å². The molecule has 1 N–H and O–H groups in total. The number of rotatable bonds is 6.